The number of carbonyl (C=O) groups is 4. The number of hydrogen-bond acceptors (Lipinski definition) is 7. The number of nitrogens with one attached hydrogen (secondary N) is 1. The van der Waals surface area contributed by atoms with E-state index in [4.69, 9.17) is 14.3 Å². The second-order valence-electron chi connectivity index (χ2n) is 9.82. The van der Waals surface area contributed by atoms with Crippen LogP contribution in [-0.4, -0.2) is 53.1 Å². The van der Waals surface area contributed by atoms with Gasteiger partial charge in [0.05, 0.1) is 12.5 Å². The van der Waals surface area contributed by atoms with Gasteiger partial charge in [-0.1, -0.05) is 43.2 Å². The van der Waals surface area contributed by atoms with E-state index in [0.29, 0.717) is 6.42 Å². The van der Waals surface area contributed by atoms with Crippen molar-refractivity contribution < 1.29 is 33.5 Å². The molecule has 9 nitrogen and oxygen atoms in total. The van der Waals surface area contributed by atoms with E-state index in [1.54, 1.807) is 32.9 Å². The van der Waals surface area contributed by atoms with Gasteiger partial charge in [0.2, 0.25) is 5.91 Å². The second-order valence-corrected chi connectivity index (χ2v) is 9.82. The smallest absolute Gasteiger partial charge is 0.408 e. The Hall–Kier alpha value is -2.94. The van der Waals surface area contributed by atoms with E-state index in [9.17, 15) is 19.2 Å². The summed E-state index contributed by atoms with van der Waals surface area (Å²) in [6.07, 6.45) is 3.13. The molecule has 1 aromatic rings. The number of hydrogen-bond donors (Lipinski definition) is 1. The molecule has 3 unspecified atom stereocenters. The quantitative estimate of drug-likeness (QED) is 0.547. The highest BCUT2D eigenvalue weighted by Gasteiger charge is 2.42. The van der Waals surface area contributed by atoms with E-state index in [1.165, 1.54) is 5.06 Å². The third-order valence-electron chi connectivity index (χ3n) is 5.88. The summed E-state index contributed by atoms with van der Waals surface area (Å²) in [5.41, 5.74) is 0.0399. The fourth-order valence-electron chi connectivity index (χ4n) is 4.34. The number of esters is 1. The number of amides is 2. The summed E-state index contributed by atoms with van der Waals surface area (Å²) in [5, 5.41) is 3.77. The first kappa shape index (κ1) is 25.7. The molecule has 3 rings (SSSR count). The topological polar surface area (TPSA) is 111 Å². The number of fused-ring (bicyclic) bond motifs is 1. The Labute approximate surface area is 200 Å². The van der Waals surface area contributed by atoms with Gasteiger partial charge in [0.15, 0.2) is 5.78 Å². The van der Waals surface area contributed by atoms with Crippen molar-refractivity contribution in [3.05, 3.63) is 35.9 Å². The normalized spacial score (nSPS) is 20.9. The van der Waals surface area contributed by atoms with Crippen molar-refractivity contribution in [3.8, 4) is 0 Å². The lowest BCUT2D eigenvalue weighted by Gasteiger charge is -2.30. The first-order valence-electron chi connectivity index (χ1n) is 11.8. The highest BCUT2D eigenvalue weighted by Crippen LogP contribution is 2.36. The van der Waals surface area contributed by atoms with Crippen LogP contribution < -0.4 is 5.32 Å². The number of benzene rings is 1. The van der Waals surface area contributed by atoms with E-state index < -0.39 is 36.1 Å². The summed E-state index contributed by atoms with van der Waals surface area (Å²) in [7, 11) is 0. The molecule has 1 saturated carbocycles. The summed E-state index contributed by atoms with van der Waals surface area (Å²) in [6, 6.07) is 7.85. The number of rotatable bonds is 9. The summed E-state index contributed by atoms with van der Waals surface area (Å²) in [6.45, 7) is 4.72. The van der Waals surface area contributed by atoms with Gasteiger partial charge in [-0.3, -0.25) is 19.2 Å². The molecule has 1 heterocycles. The van der Waals surface area contributed by atoms with Crippen LogP contribution in [0.5, 0.6) is 0 Å². The van der Waals surface area contributed by atoms with Crippen LogP contribution in [0.3, 0.4) is 0 Å². The molecular weight excluding hydrogens is 440 g/mol. The summed E-state index contributed by atoms with van der Waals surface area (Å²) in [4.78, 5) is 55.6. The average Bonchev–Trinajstić information content (AvgIpc) is 3.10. The minimum atomic E-state index is -1.21. The molecule has 1 aromatic carbocycles. The van der Waals surface area contributed by atoms with Crippen molar-refractivity contribution in [1.29, 1.82) is 0 Å². The van der Waals surface area contributed by atoms with E-state index >= 15 is 0 Å². The van der Waals surface area contributed by atoms with Crippen molar-refractivity contribution in [3.63, 3.8) is 0 Å². The third-order valence-corrected chi connectivity index (χ3v) is 5.88. The zero-order valence-corrected chi connectivity index (χ0v) is 20.1. The van der Waals surface area contributed by atoms with E-state index in [0.717, 1.165) is 31.2 Å². The van der Waals surface area contributed by atoms with Gasteiger partial charge < -0.3 is 14.8 Å². The van der Waals surface area contributed by atoms with Gasteiger partial charge in [-0.25, -0.2) is 9.86 Å². The minimum Gasteiger partial charge on any atom is -0.460 e. The van der Waals surface area contributed by atoms with Crippen molar-refractivity contribution in [1.82, 2.24) is 10.4 Å². The third kappa shape index (κ3) is 7.55. The Balaban J connectivity index is 1.59. The fourth-order valence-corrected chi connectivity index (χ4v) is 4.34. The Kier molecular flexibility index (Phi) is 8.66. The maximum atomic E-state index is 12.9. The molecule has 3 atom stereocenters. The first-order chi connectivity index (χ1) is 16.1. The lowest BCUT2D eigenvalue weighted by atomic mass is 9.85. The van der Waals surface area contributed by atoms with Crippen LogP contribution in [0.1, 0.15) is 64.9 Å². The molecule has 2 aliphatic rings. The lowest BCUT2D eigenvalue weighted by Crippen LogP contribution is -2.46. The molecular formula is C25H34N2O7. The monoisotopic (exact) mass is 474 g/mol. The highest BCUT2D eigenvalue weighted by molar-refractivity contribution is 5.92. The van der Waals surface area contributed by atoms with Crippen LogP contribution in [0.25, 0.3) is 0 Å². The van der Waals surface area contributed by atoms with Gasteiger partial charge in [-0.15, -0.1) is 0 Å². The Morgan fingerprint density at radius 3 is 2.53 bits per heavy atom. The fraction of sp³-hybridized carbons (Fsp3) is 0.600. The molecule has 1 aliphatic carbocycles. The Morgan fingerprint density at radius 2 is 1.82 bits per heavy atom. The van der Waals surface area contributed by atoms with Gasteiger partial charge in [0.25, 0.3) is 0 Å². The average molecular weight is 475 g/mol. The largest absolute Gasteiger partial charge is 0.460 e. The number of ether oxygens (including phenoxy) is 2. The molecule has 34 heavy (non-hydrogen) atoms. The number of alkyl carbamates (subject to hydrolysis) is 1. The van der Waals surface area contributed by atoms with Crippen LogP contribution in [-0.2, 0) is 35.3 Å². The maximum Gasteiger partial charge on any atom is 0.408 e. The molecule has 0 radical (unpaired) electrons. The van der Waals surface area contributed by atoms with Crippen molar-refractivity contribution >= 4 is 23.8 Å². The maximum absolute atomic E-state index is 12.9. The number of Topliss-reactive ketones (excluding diaryl/α,β-unsaturated/α-hetero) is 1. The SMILES string of the molecule is CC(C)(C)OC(=O)CC(NC(=O)OCc1ccccc1)C(=O)CON1C(=O)CC2CCCCC21. The standard InChI is InChI=1S/C25H34N2O7/c1-25(2,3)34-23(30)14-19(26-24(31)32-15-17-9-5-4-6-10-17)21(28)16-33-27-20-12-8-7-11-18(20)13-22(27)29/h4-6,9-10,18-20H,7-8,11-16H2,1-3H3,(H,26,31). The number of ketones is 1. The van der Waals surface area contributed by atoms with Crippen LogP contribution in [0.15, 0.2) is 30.3 Å². The lowest BCUT2D eigenvalue weighted by molar-refractivity contribution is -0.194. The van der Waals surface area contributed by atoms with Crippen molar-refractivity contribution in [2.45, 2.75) is 83.6 Å². The Bertz CT molecular complexity index is 881. The predicted molar refractivity (Wildman–Crippen MR) is 122 cm³/mol. The summed E-state index contributed by atoms with van der Waals surface area (Å²) in [5.74, 6) is -1.07. The van der Waals surface area contributed by atoms with Crippen molar-refractivity contribution in [2.24, 2.45) is 5.92 Å². The minimum absolute atomic E-state index is 0.0157. The molecule has 2 amide bonds. The molecule has 1 N–H and O–H groups in total. The zero-order chi connectivity index (χ0) is 24.7. The summed E-state index contributed by atoms with van der Waals surface area (Å²) < 4.78 is 10.5. The van der Waals surface area contributed by atoms with Crippen LogP contribution >= 0.6 is 0 Å². The molecule has 9 heteroatoms. The summed E-state index contributed by atoms with van der Waals surface area (Å²) >= 11 is 0. The van der Waals surface area contributed by atoms with Crippen LogP contribution in [0, 0.1) is 5.92 Å². The van der Waals surface area contributed by atoms with Crippen molar-refractivity contribution in [2.75, 3.05) is 6.61 Å². The number of nitrogens with zero attached hydrogens (tertiary/aromatic N) is 1. The van der Waals surface area contributed by atoms with Gasteiger partial charge in [-0.05, 0) is 45.1 Å². The Morgan fingerprint density at radius 1 is 1.12 bits per heavy atom. The molecule has 2 fully saturated rings. The van der Waals surface area contributed by atoms with E-state index in [-0.39, 0.29) is 30.9 Å². The second kappa shape index (κ2) is 11.5. The molecule has 1 saturated heterocycles. The molecule has 0 spiro atoms. The highest BCUT2D eigenvalue weighted by atomic mass is 16.7. The number of carbonyl (C=O) groups excluding carboxylic acids is 4. The van der Waals surface area contributed by atoms with Gasteiger partial charge in [0.1, 0.15) is 24.9 Å². The van der Waals surface area contributed by atoms with Gasteiger partial charge in [0, 0.05) is 6.42 Å². The van der Waals surface area contributed by atoms with E-state index in [2.05, 4.69) is 5.32 Å². The molecule has 186 valence electrons. The molecule has 0 aromatic heterocycles. The van der Waals surface area contributed by atoms with Gasteiger partial charge >= 0.3 is 12.1 Å². The van der Waals surface area contributed by atoms with Gasteiger partial charge in [-0.2, -0.15) is 0 Å². The van der Waals surface area contributed by atoms with Crippen LogP contribution in [0.2, 0.25) is 0 Å². The van der Waals surface area contributed by atoms with E-state index in [1.807, 2.05) is 18.2 Å². The zero-order valence-electron chi connectivity index (χ0n) is 20.1. The predicted octanol–water partition coefficient (Wildman–Crippen LogP) is 3.31. The number of hydroxylamine groups is 2. The first-order valence-corrected chi connectivity index (χ1v) is 11.8. The molecule has 0 bridgehead atoms. The van der Waals surface area contributed by atoms with Crippen LogP contribution in [0.4, 0.5) is 4.79 Å². The molecule has 1 aliphatic heterocycles.